The number of para-hydroxylation sites is 1. The molecule has 4 heterocycles. The highest BCUT2D eigenvalue weighted by Crippen LogP contribution is 2.72. The average molecular weight is 820 g/mol. The van der Waals surface area contributed by atoms with Crippen molar-refractivity contribution in [3.8, 4) is 11.1 Å². The van der Waals surface area contributed by atoms with Gasteiger partial charge in [0, 0.05) is 48.3 Å². The first kappa shape index (κ1) is 39.2. The number of anilines is 2. The average Bonchev–Trinajstić information content (AvgIpc) is 3.74. The molecule has 4 saturated carbocycles. The van der Waals surface area contributed by atoms with Crippen molar-refractivity contribution in [3.05, 3.63) is 88.4 Å². The largest absolute Gasteiger partial charge is 0.476 e. The molecule has 13 heteroatoms. The second-order valence-corrected chi connectivity index (χ2v) is 19.9. The van der Waals surface area contributed by atoms with Crippen LogP contribution in [0.4, 0.5) is 10.9 Å². The topological polar surface area (TPSA) is 135 Å². The summed E-state index contributed by atoms with van der Waals surface area (Å²) in [6, 6.07) is 15.9. The van der Waals surface area contributed by atoms with Crippen LogP contribution >= 0.6 is 23.4 Å². The molecule has 0 saturated heterocycles. The van der Waals surface area contributed by atoms with Crippen LogP contribution in [0.1, 0.15) is 102 Å². The molecule has 2 aromatic carbocycles. The molecular weight excluding hydrogens is 767 g/mol. The number of benzene rings is 2. The summed E-state index contributed by atoms with van der Waals surface area (Å²) < 4.78 is 9.65. The van der Waals surface area contributed by atoms with Crippen molar-refractivity contribution in [2.45, 2.75) is 97.2 Å². The number of carbonyl (C=O) groups is 2. The van der Waals surface area contributed by atoms with Gasteiger partial charge in [-0.25, -0.2) is 14.8 Å². The van der Waals surface area contributed by atoms with Crippen molar-refractivity contribution >= 4 is 56.4 Å². The number of pyridine rings is 1. The SMILES string of the molecule is CNCCCc1cc2c(c(C(=O)Nc3nc4ccccc4s3)c1)CN(c1ccc(-c3cnn(CC45CC6(C)CC(C)(C4)CC(OSC)(C6)C5)c3C)c(C(=O)O)n1)CC2. The number of nitrogens with one attached hydrogen (secondary N) is 2. The van der Waals surface area contributed by atoms with Crippen molar-refractivity contribution in [1.29, 1.82) is 0 Å². The lowest BCUT2D eigenvalue weighted by Gasteiger charge is -2.68. The van der Waals surface area contributed by atoms with Crippen molar-refractivity contribution in [1.82, 2.24) is 25.1 Å². The van der Waals surface area contributed by atoms with E-state index < -0.39 is 5.97 Å². The Kier molecular flexibility index (Phi) is 9.97. The lowest BCUT2D eigenvalue weighted by atomic mass is 9.39. The van der Waals surface area contributed by atoms with E-state index in [9.17, 15) is 14.7 Å². The van der Waals surface area contributed by atoms with Crippen LogP contribution < -0.4 is 15.5 Å². The van der Waals surface area contributed by atoms with E-state index in [1.807, 2.05) is 62.0 Å². The van der Waals surface area contributed by atoms with Crippen LogP contribution in [0.2, 0.25) is 0 Å². The van der Waals surface area contributed by atoms with Gasteiger partial charge in [-0.2, -0.15) is 5.10 Å². The molecule has 4 aliphatic carbocycles. The smallest absolute Gasteiger partial charge is 0.355 e. The van der Waals surface area contributed by atoms with E-state index in [1.54, 1.807) is 0 Å². The zero-order valence-corrected chi connectivity index (χ0v) is 35.7. The van der Waals surface area contributed by atoms with E-state index in [0.717, 1.165) is 96.2 Å². The van der Waals surface area contributed by atoms with Gasteiger partial charge in [-0.05, 0) is 154 Å². The third kappa shape index (κ3) is 7.22. The Labute approximate surface area is 348 Å². The quantitative estimate of drug-likeness (QED) is 0.0781. The molecule has 1 amide bonds. The first-order valence-corrected chi connectivity index (χ1v) is 22.5. The summed E-state index contributed by atoms with van der Waals surface area (Å²) in [4.78, 5) is 38.6. The second-order valence-electron chi connectivity index (χ2n) is 18.4. The number of aryl methyl sites for hydroxylation is 1. The fourth-order valence-electron chi connectivity index (χ4n) is 12.3. The lowest BCUT2D eigenvalue weighted by Crippen LogP contribution is -2.64. The van der Waals surface area contributed by atoms with Gasteiger partial charge in [0.15, 0.2) is 10.8 Å². The second kappa shape index (κ2) is 14.8. The minimum absolute atomic E-state index is 0.00165. The highest BCUT2D eigenvalue weighted by molar-refractivity contribution is 7.93. The zero-order valence-electron chi connectivity index (χ0n) is 34.1. The number of amides is 1. The number of aromatic carboxylic acids is 1. The van der Waals surface area contributed by atoms with Crippen LogP contribution in [0.15, 0.2) is 54.7 Å². The third-order valence-electron chi connectivity index (χ3n) is 13.3. The number of hydrogen-bond donors (Lipinski definition) is 3. The number of carboxylic acids is 1. The normalized spacial score (nSPS) is 26.0. The van der Waals surface area contributed by atoms with Gasteiger partial charge in [0.25, 0.3) is 5.91 Å². The predicted molar refractivity (Wildman–Crippen MR) is 232 cm³/mol. The zero-order chi connectivity index (χ0) is 40.5. The van der Waals surface area contributed by atoms with Crippen LogP contribution in [0.5, 0.6) is 0 Å². The molecule has 1 aliphatic heterocycles. The maximum absolute atomic E-state index is 14.1. The summed E-state index contributed by atoms with van der Waals surface area (Å²) in [6.45, 7) is 9.71. The van der Waals surface area contributed by atoms with Crippen molar-refractivity contribution in [2.24, 2.45) is 16.2 Å². The van der Waals surface area contributed by atoms with Crippen LogP contribution in [-0.2, 0) is 30.1 Å². The summed E-state index contributed by atoms with van der Waals surface area (Å²) in [5.41, 5.74) is 7.41. The van der Waals surface area contributed by atoms with Gasteiger partial charge in [0.1, 0.15) is 5.82 Å². The molecule has 2 atom stereocenters. The van der Waals surface area contributed by atoms with Gasteiger partial charge < -0.3 is 19.5 Å². The standard InChI is InChI=1S/C45H53N7O4S2/c1-28-33(19-47-52(28)27-44-22-42(2)21-43(3,23-44)25-45(24-42,26-44)56-57-5)31-12-13-37(49-38(31)40(54)55)51-16-14-30-17-29(9-8-15-46-4)18-32(34(30)20-51)39(53)50-41-48-35-10-6-7-11-36(35)58-41/h6-7,10-13,17-19,46H,8-9,14-16,20-27H2,1-5H3,(H,54,55)(H,48,50,53). The molecule has 58 heavy (non-hydrogen) atoms. The summed E-state index contributed by atoms with van der Waals surface area (Å²) in [5.74, 6) is -0.707. The Balaban J connectivity index is 0.991. The number of hydrogen-bond acceptors (Lipinski definition) is 10. The van der Waals surface area contributed by atoms with Crippen LogP contribution in [0, 0.1) is 23.2 Å². The number of thiazole rings is 1. The molecule has 10 rings (SSSR count). The third-order valence-corrected chi connectivity index (χ3v) is 14.7. The minimum atomic E-state index is -1.08. The first-order chi connectivity index (χ1) is 27.8. The Hall–Kier alpha value is -4.30. The molecular formula is C45H53N7O4S2. The maximum atomic E-state index is 14.1. The molecule has 304 valence electrons. The van der Waals surface area contributed by atoms with Gasteiger partial charge in [-0.15, -0.1) is 0 Å². The Morgan fingerprint density at radius 3 is 2.53 bits per heavy atom. The molecule has 4 bridgehead atoms. The molecule has 5 aliphatic rings. The van der Waals surface area contributed by atoms with E-state index in [4.69, 9.17) is 14.3 Å². The summed E-state index contributed by atoms with van der Waals surface area (Å²) in [5, 5.41) is 22.4. The Bertz CT molecular complexity index is 2370. The van der Waals surface area contributed by atoms with E-state index >= 15 is 0 Å². The van der Waals surface area contributed by atoms with Gasteiger partial charge in [-0.3, -0.25) is 14.8 Å². The highest BCUT2D eigenvalue weighted by Gasteiger charge is 2.66. The Morgan fingerprint density at radius 1 is 1.00 bits per heavy atom. The van der Waals surface area contributed by atoms with Gasteiger partial charge in [0.2, 0.25) is 0 Å². The van der Waals surface area contributed by atoms with Gasteiger partial charge >= 0.3 is 5.97 Å². The van der Waals surface area contributed by atoms with E-state index in [0.29, 0.717) is 41.6 Å². The lowest BCUT2D eigenvalue weighted by molar-refractivity contribution is -0.214. The van der Waals surface area contributed by atoms with Gasteiger partial charge in [0.05, 0.1) is 22.0 Å². The van der Waals surface area contributed by atoms with Crippen LogP contribution in [0.25, 0.3) is 21.3 Å². The maximum Gasteiger partial charge on any atom is 0.355 e. The predicted octanol–water partition coefficient (Wildman–Crippen LogP) is 8.94. The number of rotatable bonds is 13. The molecule has 3 N–H and O–H groups in total. The van der Waals surface area contributed by atoms with Crippen molar-refractivity contribution < 1.29 is 18.9 Å². The summed E-state index contributed by atoms with van der Waals surface area (Å²) in [7, 11) is 1.95. The van der Waals surface area contributed by atoms with Gasteiger partial charge in [-0.1, -0.05) is 43.4 Å². The van der Waals surface area contributed by atoms with E-state index in [2.05, 4.69) is 52.0 Å². The fourth-order valence-corrected chi connectivity index (χ4v) is 13.7. The monoisotopic (exact) mass is 819 g/mol. The highest BCUT2D eigenvalue weighted by atomic mass is 32.2. The number of carbonyl (C=O) groups excluding carboxylic acids is 1. The molecule has 2 unspecified atom stereocenters. The van der Waals surface area contributed by atoms with Crippen LogP contribution in [0.3, 0.4) is 0 Å². The van der Waals surface area contributed by atoms with Crippen molar-refractivity contribution in [3.63, 3.8) is 0 Å². The molecule has 3 aromatic heterocycles. The minimum Gasteiger partial charge on any atom is -0.476 e. The Morgan fingerprint density at radius 2 is 1.79 bits per heavy atom. The summed E-state index contributed by atoms with van der Waals surface area (Å²) in [6.07, 6.45) is 13.2. The molecule has 5 aromatic rings. The van der Waals surface area contributed by atoms with E-state index in [-0.39, 0.29) is 33.4 Å². The number of aromatic nitrogens is 4. The first-order valence-electron chi connectivity index (χ1n) is 20.5. The fraction of sp³-hybridized carbons (Fsp3) is 0.489. The van der Waals surface area contributed by atoms with E-state index in [1.165, 1.54) is 29.8 Å². The molecule has 11 nitrogen and oxygen atoms in total. The van der Waals surface area contributed by atoms with Crippen LogP contribution in [-0.4, -0.2) is 68.7 Å². The number of nitrogens with zero attached hydrogens (tertiary/aromatic N) is 5. The molecule has 0 radical (unpaired) electrons. The molecule has 4 fully saturated rings. The number of carboxylic acid groups (broad SMARTS) is 1. The number of fused-ring (bicyclic) bond motifs is 2. The summed E-state index contributed by atoms with van der Waals surface area (Å²) >= 11 is 2.96. The molecule has 0 spiro atoms. The van der Waals surface area contributed by atoms with Crippen molar-refractivity contribution in [2.75, 3.05) is 36.6 Å².